The maximum absolute atomic E-state index is 6.09. The lowest BCUT2D eigenvalue weighted by Gasteiger charge is -2.35. The Balaban J connectivity index is 1.53. The molecule has 2 aliphatic rings. The van der Waals surface area contributed by atoms with Gasteiger partial charge in [-0.2, -0.15) is 0 Å². The maximum atomic E-state index is 6.09. The zero-order valence-corrected chi connectivity index (χ0v) is 11.7. The summed E-state index contributed by atoms with van der Waals surface area (Å²) in [6.45, 7) is 0. The SMILES string of the molecule is CN1[C@@H]2CC[C@H]1CC(Oc1cnc3ccccc3n1)C2. The molecule has 2 aliphatic heterocycles. The van der Waals surface area contributed by atoms with Crippen LogP contribution in [-0.4, -0.2) is 40.1 Å². The van der Waals surface area contributed by atoms with E-state index in [9.17, 15) is 0 Å². The summed E-state index contributed by atoms with van der Waals surface area (Å²) in [5, 5.41) is 0. The van der Waals surface area contributed by atoms with E-state index in [2.05, 4.69) is 21.9 Å². The van der Waals surface area contributed by atoms with Crippen LogP contribution in [0, 0.1) is 0 Å². The number of para-hydroxylation sites is 2. The van der Waals surface area contributed by atoms with Crippen molar-refractivity contribution in [3.05, 3.63) is 30.5 Å². The summed E-state index contributed by atoms with van der Waals surface area (Å²) >= 11 is 0. The summed E-state index contributed by atoms with van der Waals surface area (Å²) in [5.41, 5.74) is 1.82. The quantitative estimate of drug-likeness (QED) is 0.840. The monoisotopic (exact) mass is 269 g/mol. The van der Waals surface area contributed by atoms with Crippen LogP contribution in [0.3, 0.4) is 0 Å². The Morgan fingerprint density at radius 1 is 1.10 bits per heavy atom. The highest BCUT2D eigenvalue weighted by atomic mass is 16.5. The second-order valence-electron chi connectivity index (χ2n) is 5.96. The zero-order chi connectivity index (χ0) is 13.5. The average Bonchev–Trinajstić information content (AvgIpc) is 2.70. The van der Waals surface area contributed by atoms with Gasteiger partial charge < -0.3 is 9.64 Å². The predicted octanol–water partition coefficient (Wildman–Crippen LogP) is 2.63. The summed E-state index contributed by atoms with van der Waals surface area (Å²) < 4.78 is 6.09. The fourth-order valence-corrected chi connectivity index (χ4v) is 3.63. The van der Waals surface area contributed by atoms with Gasteiger partial charge >= 0.3 is 0 Å². The van der Waals surface area contributed by atoms with E-state index in [4.69, 9.17) is 4.74 Å². The average molecular weight is 269 g/mol. The molecule has 2 aromatic rings. The topological polar surface area (TPSA) is 38.2 Å². The Bertz CT molecular complexity index is 616. The van der Waals surface area contributed by atoms with Gasteiger partial charge in [0, 0.05) is 12.1 Å². The molecule has 2 bridgehead atoms. The highest BCUT2D eigenvalue weighted by Gasteiger charge is 2.39. The minimum atomic E-state index is 0.291. The highest BCUT2D eigenvalue weighted by Crippen LogP contribution is 2.35. The molecular weight excluding hydrogens is 250 g/mol. The lowest BCUT2D eigenvalue weighted by molar-refractivity contribution is 0.0632. The summed E-state index contributed by atoms with van der Waals surface area (Å²) in [7, 11) is 2.24. The molecule has 3 heterocycles. The smallest absolute Gasteiger partial charge is 0.233 e. The van der Waals surface area contributed by atoms with Crippen LogP contribution in [0.1, 0.15) is 25.7 Å². The van der Waals surface area contributed by atoms with Gasteiger partial charge in [0.05, 0.1) is 17.2 Å². The van der Waals surface area contributed by atoms with Crippen molar-refractivity contribution in [1.29, 1.82) is 0 Å². The number of nitrogens with zero attached hydrogens (tertiary/aromatic N) is 3. The fraction of sp³-hybridized carbons (Fsp3) is 0.500. The second-order valence-corrected chi connectivity index (χ2v) is 5.96. The summed E-state index contributed by atoms with van der Waals surface area (Å²) in [4.78, 5) is 11.5. The number of benzene rings is 1. The van der Waals surface area contributed by atoms with E-state index < -0.39 is 0 Å². The van der Waals surface area contributed by atoms with Crippen LogP contribution in [0.5, 0.6) is 5.88 Å². The van der Waals surface area contributed by atoms with Crippen molar-refractivity contribution in [1.82, 2.24) is 14.9 Å². The number of ether oxygens (including phenoxy) is 1. The molecule has 4 rings (SSSR count). The van der Waals surface area contributed by atoms with E-state index in [1.807, 2.05) is 24.3 Å². The third-order valence-electron chi connectivity index (χ3n) is 4.77. The molecule has 0 radical (unpaired) electrons. The third kappa shape index (κ3) is 2.04. The minimum Gasteiger partial charge on any atom is -0.473 e. The van der Waals surface area contributed by atoms with Crippen LogP contribution in [-0.2, 0) is 0 Å². The Kier molecular flexibility index (Phi) is 2.84. The molecule has 0 spiro atoms. The van der Waals surface area contributed by atoms with Crippen LogP contribution in [0.15, 0.2) is 30.5 Å². The van der Waals surface area contributed by atoms with Crippen molar-refractivity contribution in [3.63, 3.8) is 0 Å². The van der Waals surface area contributed by atoms with Crippen LogP contribution < -0.4 is 4.74 Å². The van der Waals surface area contributed by atoms with Crippen LogP contribution >= 0.6 is 0 Å². The van der Waals surface area contributed by atoms with E-state index in [0.29, 0.717) is 24.1 Å². The molecule has 104 valence electrons. The molecule has 4 nitrogen and oxygen atoms in total. The van der Waals surface area contributed by atoms with E-state index in [-0.39, 0.29) is 0 Å². The fourth-order valence-electron chi connectivity index (χ4n) is 3.63. The summed E-state index contributed by atoms with van der Waals surface area (Å²) in [6, 6.07) is 9.29. The third-order valence-corrected chi connectivity index (χ3v) is 4.77. The van der Waals surface area contributed by atoms with Crippen molar-refractivity contribution in [2.75, 3.05) is 7.05 Å². The van der Waals surface area contributed by atoms with Gasteiger partial charge in [0.15, 0.2) is 0 Å². The predicted molar refractivity (Wildman–Crippen MR) is 77.8 cm³/mol. The molecule has 3 atom stereocenters. The van der Waals surface area contributed by atoms with Gasteiger partial charge in [-0.3, -0.25) is 0 Å². The van der Waals surface area contributed by atoms with Crippen molar-refractivity contribution in [2.24, 2.45) is 0 Å². The van der Waals surface area contributed by atoms with Crippen LogP contribution in [0.4, 0.5) is 0 Å². The lowest BCUT2D eigenvalue weighted by Crippen LogP contribution is -2.43. The molecule has 4 heteroatoms. The number of hydrogen-bond acceptors (Lipinski definition) is 4. The van der Waals surface area contributed by atoms with Gasteiger partial charge in [0.1, 0.15) is 6.10 Å². The van der Waals surface area contributed by atoms with Gasteiger partial charge in [-0.05, 0) is 44.9 Å². The first kappa shape index (κ1) is 12.1. The molecule has 2 fully saturated rings. The van der Waals surface area contributed by atoms with Gasteiger partial charge in [0.2, 0.25) is 5.88 Å². The molecule has 1 aromatic heterocycles. The Morgan fingerprint density at radius 2 is 1.80 bits per heavy atom. The van der Waals surface area contributed by atoms with Gasteiger partial charge in [-0.1, -0.05) is 12.1 Å². The summed E-state index contributed by atoms with van der Waals surface area (Å²) in [6.07, 6.45) is 6.89. The van der Waals surface area contributed by atoms with Crippen LogP contribution in [0.25, 0.3) is 11.0 Å². The van der Waals surface area contributed by atoms with Crippen molar-refractivity contribution in [3.8, 4) is 5.88 Å². The van der Waals surface area contributed by atoms with E-state index >= 15 is 0 Å². The minimum absolute atomic E-state index is 0.291. The molecule has 1 unspecified atom stereocenters. The first-order chi connectivity index (χ1) is 9.79. The molecule has 20 heavy (non-hydrogen) atoms. The zero-order valence-electron chi connectivity index (χ0n) is 11.7. The van der Waals surface area contributed by atoms with Crippen molar-refractivity contribution in [2.45, 2.75) is 43.9 Å². The normalized spacial score (nSPS) is 29.8. The Hall–Kier alpha value is -1.68. The maximum Gasteiger partial charge on any atom is 0.233 e. The molecule has 0 N–H and O–H groups in total. The van der Waals surface area contributed by atoms with Gasteiger partial charge in [-0.25, -0.2) is 9.97 Å². The molecule has 2 saturated heterocycles. The largest absolute Gasteiger partial charge is 0.473 e. The number of piperidine rings is 1. The molecule has 0 amide bonds. The van der Waals surface area contributed by atoms with Gasteiger partial charge in [-0.15, -0.1) is 0 Å². The van der Waals surface area contributed by atoms with Gasteiger partial charge in [0.25, 0.3) is 0 Å². The first-order valence-corrected chi connectivity index (χ1v) is 7.40. The highest BCUT2D eigenvalue weighted by molar-refractivity contribution is 5.73. The van der Waals surface area contributed by atoms with E-state index in [1.54, 1.807) is 6.20 Å². The second kappa shape index (κ2) is 4.70. The standard InChI is InChI=1S/C16H19N3O/c1-19-11-6-7-12(19)9-13(8-11)20-16-10-17-14-4-2-3-5-15(14)18-16/h2-5,10-13H,6-9H2,1H3/t11-,12+,13?. The van der Waals surface area contributed by atoms with E-state index in [1.165, 1.54) is 12.8 Å². The summed E-state index contributed by atoms with van der Waals surface area (Å²) in [5.74, 6) is 0.664. The molecular formula is C16H19N3O. The number of fused-ring (bicyclic) bond motifs is 3. The molecule has 0 aliphatic carbocycles. The lowest BCUT2D eigenvalue weighted by atomic mass is 10.0. The Morgan fingerprint density at radius 3 is 2.55 bits per heavy atom. The molecule has 0 saturated carbocycles. The van der Waals surface area contributed by atoms with Crippen molar-refractivity contribution < 1.29 is 4.74 Å². The first-order valence-electron chi connectivity index (χ1n) is 7.40. The number of aromatic nitrogens is 2. The Labute approximate surface area is 118 Å². The molecule has 1 aromatic carbocycles. The van der Waals surface area contributed by atoms with E-state index in [0.717, 1.165) is 23.9 Å². The van der Waals surface area contributed by atoms with Crippen LogP contribution in [0.2, 0.25) is 0 Å². The number of hydrogen-bond donors (Lipinski definition) is 0. The number of rotatable bonds is 2. The van der Waals surface area contributed by atoms with Crippen molar-refractivity contribution >= 4 is 11.0 Å².